The number of carbonyl (C=O) groups is 2. The maximum atomic E-state index is 10.5. The van der Waals surface area contributed by atoms with Crippen LogP contribution >= 0.6 is 0 Å². The third-order valence-electron chi connectivity index (χ3n) is 2.99. The standard InChI is InChI=1S/C12H14N2O2/c15-7-13-10-5-9-3-1-2-4-11(9)12(6-10)14-8-16/h1-4,7-8,10,12H,5-6H2,(H,13,15)(H,14,16)/t10-,12-/m1/s1. The van der Waals surface area contributed by atoms with Crippen LogP contribution in [0.5, 0.6) is 0 Å². The van der Waals surface area contributed by atoms with Crippen LogP contribution in [0.3, 0.4) is 0 Å². The monoisotopic (exact) mass is 218 g/mol. The van der Waals surface area contributed by atoms with Gasteiger partial charge in [0.1, 0.15) is 0 Å². The Labute approximate surface area is 94.0 Å². The third kappa shape index (κ3) is 2.05. The molecule has 2 amide bonds. The molecule has 0 saturated heterocycles. The zero-order valence-corrected chi connectivity index (χ0v) is 8.85. The second-order valence-electron chi connectivity index (χ2n) is 3.96. The van der Waals surface area contributed by atoms with Gasteiger partial charge in [-0.25, -0.2) is 0 Å². The van der Waals surface area contributed by atoms with Crippen molar-refractivity contribution in [2.45, 2.75) is 24.9 Å². The number of carbonyl (C=O) groups excluding carboxylic acids is 2. The molecule has 4 nitrogen and oxygen atoms in total. The molecule has 0 heterocycles. The summed E-state index contributed by atoms with van der Waals surface area (Å²) in [6.07, 6.45) is 3.00. The average Bonchev–Trinajstić information content (AvgIpc) is 2.30. The number of nitrogens with one attached hydrogen (secondary N) is 2. The molecule has 2 rings (SSSR count). The lowest BCUT2D eigenvalue weighted by molar-refractivity contribution is -0.110. The fraction of sp³-hybridized carbons (Fsp3) is 0.333. The topological polar surface area (TPSA) is 58.2 Å². The summed E-state index contributed by atoms with van der Waals surface area (Å²) >= 11 is 0. The van der Waals surface area contributed by atoms with Crippen molar-refractivity contribution in [2.24, 2.45) is 0 Å². The van der Waals surface area contributed by atoms with E-state index in [-0.39, 0.29) is 12.1 Å². The van der Waals surface area contributed by atoms with Gasteiger partial charge in [-0.1, -0.05) is 24.3 Å². The molecule has 0 aromatic heterocycles. The fourth-order valence-electron chi connectivity index (χ4n) is 2.28. The Morgan fingerprint density at radius 3 is 2.62 bits per heavy atom. The minimum atomic E-state index is -0.0000926. The van der Waals surface area contributed by atoms with E-state index in [1.54, 1.807) is 0 Å². The van der Waals surface area contributed by atoms with Gasteiger partial charge in [0, 0.05) is 6.04 Å². The highest BCUT2D eigenvalue weighted by atomic mass is 16.1. The maximum absolute atomic E-state index is 10.5. The first kappa shape index (κ1) is 10.7. The van der Waals surface area contributed by atoms with Crippen LogP contribution in [0.25, 0.3) is 0 Å². The molecule has 4 heteroatoms. The fourth-order valence-corrected chi connectivity index (χ4v) is 2.28. The minimum Gasteiger partial charge on any atom is -0.356 e. The van der Waals surface area contributed by atoms with E-state index >= 15 is 0 Å². The maximum Gasteiger partial charge on any atom is 0.207 e. The van der Waals surface area contributed by atoms with Crippen LogP contribution in [-0.4, -0.2) is 18.9 Å². The lowest BCUT2D eigenvalue weighted by Crippen LogP contribution is -2.39. The van der Waals surface area contributed by atoms with E-state index in [0.717, 1.165) is 24.8 Å². The van der Waals surface area contributed by atoms with E-state index in [4.69, 9.17) is 0 Å². The third-order valence-corrected chi connectivity index (χ3v) is 2.99. The molecule has 2 N–H and O–H groups in total. The van der Waals surface area contributed by atoms with Gasteiger partial charge in [0.15, 0.2) is 0 Å². The highest BCUT2D eigenvalue weighted by Crippen LogP contribution is 2.29. The number of rotatable bonds is 4. The van der Waals surface area contributed by atoms with Crippen molar-refractivity contribution in [2.75, 3.05) is 0 Å². The van der Waals surface area contributed by atoms with Gasteiger partial charge in [-0.3, -0.25) is 9.59 Å². The molecule has 0 bridgehead atoms. The number of fused-ring (bicyclic) bond motifs is 1. The van der Waals surface area contributed by atoms with Gasteiger partial charge in [0.25, 0.3) is 0 Å². The van der Waals surface area contributed by atoms with Crippen LogP contribution in [0.2, 0.25) is 0 Å². The summed E-state index contributed by atoms with van der Waals surface area (Å²) in [5.74, 6) is 0. The van der Waals surface area contributed by atoms with Gasteiger partial charge in [-0.05, 0) is 24.0 Å². The first-order chi connectivity index (χ1) is 7.85. The van der Waals surface area contributed by atoms with E-state index in [0.29, 0.717) is 6.41 Å². The predicted octanol–water partition coefficient (Wildman–Crippen LogP) is 0.534. The summed E-state index contributed by atoms with van der Waals surface area (Å²) in [7, 11) is 0. The molecule has 0 fully saturated rings. The second kappa shape index (κ2) is 4.79. The molecule has 0 spiro atoms. The SMILES string of the molecule is O=CN[C@@H]1Cc2ccccc2[C@H](NC=O)C1. The Bertz CT molecular complexity index is 392. The quantitative estimate of drug-likeness (QED) is 0.724. The normalized spacial score (nSPS) is 23.0. The number of hydrogen-bond acceptors (Lipinski definition) is 2. The van der Waals surface area contributed by atoms with E-state index in [1.807, 2.05) is 24.3 Å². The Morgan fingerprint density at radius 2 is 1.88 bits per heavy atom. The molecule has 1 aromatic carbocycles. The summed E-state index contributed by atoms with van der Waals surface area (Å²) in [5.41, 5.74) is 2.34. The molecular formula is C12H14N2O2. The van der Waals surface area contributed by atoms with Crippen LogP contribution in [0, 0.1) is 0 Å². The summed E-state index contributed by atoms with van der Waals surface area (Å²) in [4.78, 5) is 21.0. The van der Waals surface area contributed by atoms with Crippen LogP contribution in [0.15, 0.2) is 24.3 Å². The number of benzene rings is 1. The second-order valence-corrected chi connectivity index (χ2v) is 3.96. The molecule has 0 saturated carbocycles. The summed E-state index contributed by atoms with van der Waals surface area (Å²) in [5, 5.41) is 5.57. The molecule has 1 aliphatic carbocycles. The molecular weight excluding hydrogens is 204 g/mol. The van der Waals surface area contributed by atoms with Gasteiger partial charge in [-0.2, -0.15) is 0 Å². The lowest BCUT2D eigenvalue weighted by Gasteiger charge is -2.30. The molecule has 0 aliphatic heterocycles. The molecule has 1 aliphatic rings. The molecule has 1 aromatic rings. The summed E-state index contributed by atoms with van der Waals surface area (Å²) < 4.78 is 0. The molecule has 16 heavy (non-hydrogen) atoms. The van der Waals surface area contributed by atoms with Crippen molar-refractivity contribution < 1.29 is 9.59 Å². The van der Waals surface area contributed by atoms with Crippen molar-refractivity contribution in [1.82, 2.24) is 10.6 Å². The van der Waals surface area contributed by atoms with Gasteiger partial charge in [-0.15, -0.1) is 0 Å². The van der Waals surface area contributed by atoms with Crippen molar-refractivity contribution in [3.8, 4) is 0 Å². The largest absolute Gasteiger partial charge is 0.356 e. The van der Waals surface area contributed by atoms with E-state index in [2.05, 4.69) is 10.6 Å². The lowest BCUT2D eigenvalue weighted by atomic mass is 9.85. The molecule has 84 valence electrons. The van der Waals surface area contributed by atoms with Crippen molar-refractivity contribution >= 4 is 12.8 Å². The van der Waals surface area contributed by atoms with Crippen LogP contribution in [0.1, 0.15) is 23.6 Å². The highest BCUT2D eigenvalue weighted by Gasteiger charge is 2.25. The summed E-state index contributed by atoms with van der Waals surface area (Å²) in [6.45, 7) is 0. The van der Waals surface area contributed by atoms with Gasteiger partial charge in [0.2, 0.25) is 12.8 Å². The Hall–Kier alpha value is -1.84. The Balaban J connectivity index is 2.25. The highest BCUT2D eigenvalue weighted by molar-refractivity contribution is 5.50. The zero-order valence-electron chi connectivity index (χ0n) is 8.85. The van der Waals surface area contributed by atoms with E-state index in [9.17, 15) is 9.59 Å². The van der Waals surface area contributed by atoms with Crippen LogP contribution in [-0.2, 0) is 16.0 Å². The smallest absolute Gasteiger partial charge is 0.207 e. The Morgan fingerprint density at radius 1 is 1.12 bits per heavy atom. The molecule has 0 unspecified atom stereocenters. The van der Waals surface area contributed by atoms with Crippen molar-refractivity contribution in [1.29, 1.82) is 0 Å². The zero-order chi connectivity index (χ0) is 11.4. The van der Waals surface area contributed by atoms with Gasteiger partial charge in [0.05, 0.1) is 6.04 Å². The first-order valence-corrected chi connectivity index (χ1v) is 5.32. The minimum absolute atomic E-state index is 0.0000926. The van der Waals surface area contributed by atoms with Crippen LogP contribution < -0.4 is 10.6 Å². The van der Waals surface area contributed by atoms with Crippen molar-refractivity contribution in [3.63, 3.8) is 0 Å². The average molecular weight is 218 g/mol. The van der Waals surface area contributed by atoms with Crippen LogP contribution in [0.4, 0.5) is 0 Å². The predicted molar refractivity (Wildman–Crippen MR) is 59.7 cm³/mol. The van der Waals surface area contributed by atoms with E-state index < -0.39 is 0 Å². The van der Waals surface area contributed by atoms with E-state index in [1.165, 1.54) is 5.56 Å². The molecule has 0 radical (unpaired) electrons. The molecule has 2 atom stereocenters. The first-order valence-electron chi connectivity index (χ1n) is 5.32. The Kier molecular flexibility index (Phi) is 3.19. The number of amides is 2. The summed E-state index contributed by atoms with van der Waals surface area (Å²) in [6, 6.07) is 8.09. The van der Waals surface area contributed by atoms with Gasteiger partial charge >= 0.3 is 0 Å². The van der Waals surface area contributed by atoms with Crippen molar-refractivity contribution in [3.05, 3.63) is 35.4 Å². The number of hydrogen-bond donors (Lipinski definition) is 2. The van der Waals surface area contributed by atoms with Gasteiger partial charge < -0.3 is 10.6 Å².